The van der Waals surface area contributed by atoms with Gasteiger partial charge in [-0.1, -0.05) is 48.5 Å². The zero-order valence-electron chi connectivity index (χ0n) is 11.8. The summed E-state index contributed by atoms with van der Waals surface area (Å²) >= 11 is 0. The summed E-state index contributed by atoms with van der Waals surface area (Å²) in [5, 5.41) is 13.9. The number of nitrogens with one attached hydrogen (secondary N) is 1. The van der Waals surface area contributed by atoms with Crippen LogP contribution in [0, 0.1) is 0 Å². The molecule has 0 aliphatic carbocycles. The molecule has 3 rings (SSSR count). The van der Waals surface area contributed by atoms with Gasteiger partial charge in [-0.2, -0.15) is 0 Å². The second kappa shape index (κ2) is 6.57. The van der Waals surface area contributed by atoms with Gasteiger partial charge in [-0.25, -0.2) is 0 Å². The molecule has 108 valence electrons. The van der Waals surface area contributed by atoms with Crippen molar-refractivity contribution in [2.24, 2.45) is 0 Å². The van der Waals surface area contributed by atoms with E-state index in [-0.39, 0.29) is 12.6 Å². The van der Waals surface area contributed by atoms with Gasteiger partial charge in [0.15, 0.2) is 0 Å². The van der Waals surface area contributed by atoms with E-state index in [9.17, 15) is 5.11 Å². The van der Waals surface area contributed by atoms with E-state index in [2.05, 4.69) is 23.5 Å². The van der Waals surface area contributed by atoms with Gasteiger partial charge in [-0.05, 0) is 18.1 Å². The maximum absolute atomic E-state index is 9.27. The summed E-state index contributed by atoms with van der Waals surface area (Å²) in [4.78, 5) is 0. The number of furan rings is 1. The Kier molecular flexibility index (Phi) is 4.34. The van der Waals surface area contributed by atoms with Crippen molar-refractivity contribution in [3.8, 4) is 0 Å². The van der Waals surface area contributed by atoms with Gasteiger partial charge in [0.1, 0.15) is 5.58 Å². The first-order valence-corrected chi connectivity index (χ1v) is 7.23. The molecular weight excluding hydrogens is 262 g/mol. The number of aliphatic hydroxyl groups excluding tert-OH is 1. The molecule has 0 unspecified atom stereocenters. The summed E-state index contributed by atoms with van der Waals surface area (Å²) < 4.78 is 5.56. The number of para-hydroxylation sites is 1. The lowest BCUT2D eigenvalue weighted by atomic mass is 10.0. The minimum atomic E-state index is 0.143. The van der Waals surface area contributed by atoms with Crippen LogP contribution >= 0.6 is 0 Å². The Bertz CT molecular complexity index is 691. The SMILES string of the molecule is OCC[C@@H](NCc1coc2ccccc12)c1ccccc1. The van der Waals surface area contributed by atoms with Crippen molar-refractivity contribution in [1.29, 1.82) is 0 Å². The van der Waals surface area contributed by atoms with Crippen LogP contribution in [-0.4, -0.2) is 11.7 Å². The van der Waals surface area contributed by atoms with Crippen molar-refractivity contribution in [2.45, 2.75) is 19.0 Å². The largest absolute Gasteiger partial charge is 0.464 e. The monoisotopic (exact) mass is 281 g/mol. The van der Waals surface area contributed by atoms with Gasteiger partial charge in [0.05, 0.1) is 6.26 Å². The zero-order valence-corrected chi connectivity index (χ0v) is 11.8. The molecule has 21 heavy (non-hydrogen) atoms. The van der Waals surface area contributed by atoms with Crippen LogP contribution in [0.5, 0.6) is 0 Å². The first-order chi connectivity index (χ1) is 10.4. The van der Waals surface area contributed by atoms with E-state index in [1.165, 1.54) is 5.56 Å². The lowest BCUT2D eigenvalue weighted by Gasteiger charge is -2.18. The van der Waals surface area contributed by atoms with E-state index in [4.69, 9.17) is 4.42 Å². The normalized spacial score (nSPS) is 12.6. The molecule has 3 heteroatoms. The molecule has 1 aromatic heterocycles. The molecule has 1 atom stereocenters. The Morgan fingerprint density at radius 2 is 1.76 bits per heavy atom. The highest BCUT2D eigenvalue weighted by atomic mass is 16.3. The van der Waals surface area contributed by atoms with Gasteiger partial charge < -0.3 is 14.8 Å². The maximum Gasteiger partial charge on any atom is 0.134 e. The van der Waals surface area contributed by atoms with Crippen LogP contribution in [0.3, 0.4) is 0 Å². The van der Waals surface area contributed by atoms with Crippen LogP contribution in [0.2, 0.25) is 0 Å². The zero-order chi connectivity index (χ0) is 14.5. The molecule has 1 heterocycles. The first-order valence-electron chi connectivity index (χ1n) is 7.23. The molecule has 0 saturated carbocycles. The van der Waals surface area contributed by atoms with E-state index >= 15 is 0 Å². The molecule has 0 radical (unpaired) electrons. The molecule has 0 saturated heterocycles. The predicted molar refractivity (Wildman–Crippen MR) is 83.9 cm³/mol. The molecule has 2 N–H and O–H groups in total. The predicted octanol–water partition coefficient (Wildman–Crippen LogP) is 3.65. The van der Waals surface area contributed by atoms with Crippen molar-refractivity contribution < 1.29 is 9.52 Å². The maximum atomic E-state index is 9.27. The third-order valence-corrected chi connectivity index (χ3v) is 3.72. The fraction of sp³-hybridized carbons (Fsp3) is 0.222. The fourth-order valence-corrected chi connectivity index (χ4v) is 2.60. The van der Waals surface area contributed by atoms with E-state index < -0.39 is 0 Å². The highest BCUT2D eigenvalue weighted by Gasteiger charge is 2.12. The highest BCUT2D eigenvalue weighted by Crippen LogP contribution is 2.22. The lowest BCUT2D eigenvalue weighted by Crippen LogP contribution is -2.21. The molecule has 0 fully saturated rings. The third-order valence-electron chi connectivity index (χ3n) is 3.72. The fourth-order valence-electron chi connectivity index (χ4n) is 2.60. The first kappa shape index (κ1) is 13.9. The Labute approximate surface area is 124 Å². The number of hydrogen-bond donors (Lipinski definition) is 2. The van der Waals surface area contributed by atoms with Crippen molar-refractivity contribution in [3.05, 3.63) is 72.0 Å². The van der Waals surface area contributed by atoms with Gasteiger partial charge in [0, 0.05) is 30.1 Å². The van der Waals surface area contributed by atoms with Crippen molar-refractivity contribution in [1.82, 2.24) is 5.32 Å². The second-order valence-corrected chi connectivity index (χ2v) is 5.11. The van der Waals surface area contributed by atoms with E-state index in [0.29, 0.717) is 6.42 Å². The summed E-state index contributed by atoms with van der Waals surface area (Å²) in [7, 11) is 0. The standard InChI is InChI=1S/C18H19NO2/c20-11-10-17(14-6-2-1-3-7-14)19-12-15-13-21-18-9-5-4-8-16(15)18/h1-9,13,17,19-20H,10-12H2/t17-/m1/s1. The summed E-state index contributed by atoms with van der Waals surface area (Å²) in [6.45, 7) is 0.884. The van der Waals surface area contributed by atoms with Crippen molar-refractivity contribution >= 4 is 11.0 Å². The van der Waals surface area contributed by atoms with Gasteiger partial charge >= 0.3 is 0 Å². The summed E-state index contributed by atoms with van der Waals surface area (Å²) in [5.74, 6) is 0. The number of fused-ring (bicyclic) bond motifs is 1. The van der Waals surface area contributed by atoms with E-state index in [0.717, 1.165) is 23.1 Å². The third kappa shape index (κ3) is 3.15. The number of aliphatic hydroxyl groups is 1. The van der Waals surface area contributed by atoms with Crippen LogP contribution in [0.4, 0.5) is 0 Å². The molecule has 3 aromatic rings. The van der Waals surface area contributed by atoms with Crippen LogP contribution in [0.1, 0.15) is 23.6 Å². The number of benzene rings is 2. The average molecular weight is 281 g/mol. The minimum absolute atomic E-state index is 0.143. The smallest absolute Gasteiger partial charge is 0.134 e. The summed E-state index contributed by atoms with van der Waals surface area (Å²) in [5.41, 5.74) is 3.25. The van der Waals surface area contributed by atoms with Crippen LogP contribution in [0.25, 0.3) is 11.0 Å². The van der Waals surface area contributed by atoms with E-state index in [1.807, 2.05) is 36.4 Å². The van der Waals surface area contributed by atoms with Gasteiger partial charge in [0.2, 0.25) is 0 Å². The summed E-state index contributed by atoms with van der Waals surface area (Å²) in [6, 6.07) is 18.4. The molecule has 0 spiro atoms. The Balaban J connectivity index is 1.75. The van der Waals surface area contributed by atoms with Gasteiger partial charge in [-0.3, -0.25) is 0 Å². The Hall–Kier alpha value is -2.10. The van der Waals surface area contributed by atoms with Gasteiger partial charge in [0.25, 0.3) is 0 Å². The van der Waals surface area contributed by atoms with Crippen LogP contribution in [-0.2, 0) is 6.54 Å². The quantitative estimate of drug-likeness (QED) is 0.725. The van der Waals surface area contributed by atoms with Crippen molar-refractivity contribution in [2.75, 3.05) is 6.61 Å². The molecule has 0 amide bonds. The molecule has 0 aliphatic rings. The Morgan fingerprint density at radius 3 is 2.57 bits per heavy atom. The number of hydrogen-bond acceptors (Lipinski definition) is 3. The number of rotatable bonds is 6. The molecular formula is C18H19NO2. The van der Waals surface area contributed by atoms with Gasteiger partial charge in [-0.15, -0.1) is 0 Å². The molecule has 2 aromatic carbocycles. The van der Waals surface area contributed by atoms with E-state index in [1.54, 1.807) is 6.26 Å². The minimum Gasteiger partial charge on any atom is -0.464 e. The lowest BCUT2D eigenvalue weighted by molar-refractivity contribution is 0.265. The topological polar surface area (TPSA) is 45.4 Å². The molecule has 0 bridgehead atoms. The Morgan fingerprint density at radius 1 is 1.00 bits per heavy atom. The van der Waals surface area contributed by atoms with Crippen molar-refractivity contribution in [3.63, 3.8) is 0 Å². The molecule has 0 aliphatic heterocycles. The molecule has 3 nitrogen and oxygen atoms in total. The summed E-state index contributed by atoms with van der Waals surface area (Å²) in [6.07, 6.45) is 2.50. The van der Waals surface area contributed by atoms with Crippen LogP contribution < -0.4 is 5.32 Å². The highest BCUT2D eigenvalue weighted by molar-refractivity contribution is 5.80. The average Bonchev–Trinajstić information content (AvgIpc) is 2.95. The van der Waals surface area contributed by atoms with Crippen LogP contribution in [0.15, 0.2) is 65.3 Å². The second-order valence-electron chi connectivity index (χ2n) is 5.11.